The monoisotopic (exact) mass is 400 g/mol. The van der Waals surface area contributed by atoms with Crippen LogP contribution in [0.3, 0.4) is 0 Å². The second kappa shape index (κ2) is 10.1. The van der Waals surface area contributed by atoms with Crippen LogP contribution in [-0.4, -0.2) is 31.1 Å². The lowest BCUT2D eigenvalue weighted by molar-refractivity contribution is -0.176. The Morgan fingerprint density at radius 2 is 1.74 bits per heavy atom. The predicted molar refractivity (Wildman–Crippen MR) is 95.3 cm³/mol. The van der Waals surface area contributed by atoms with Crippen LogP contribution in [0.25, 0.3) is 0 Å². The van der Waals surface area contributed by atoms with Crippen molar-refractivity contribution in [2.45, 2.75) is 25.7 Å². The van der Waals surface area contributed by atoms with E-state index in [-0.39, 0.29) is 31.4 Å². The zero-order valence-electron chi connectivity index (χ0n) is 14.3. The van der Waals surface area contributed by atoms with E-state index in [2.05, 4.69) is 15.4 Å². The number of hydrogen-bond acceptors (Lipinski definition) is 4. The molecule has 1 aromatic heterocycles. The molecule has 27 heavy (non-hydrogen) atoms. The van der Waals surface area contributed by atoms with Gasteiger partial charge in [-0.05, 0) is 22.6 Å². The number of halogens is 3. The Morgan fingerprint density at radius 3 is 2.37 bits per heavy atom. The average Bonchev–Trinajstić information content (AvgIpc) is 3.14. The number of alkyl halides is 3. The van der Waals surface area contributed by atoms with Crippen molar-refractivity contribution in [1.82, 2.24) is 10.6 Å². The first-order valence-electron chi connectivity index (χ1n) is 8.13. The molecule has 0 aliphatic heterocycles. The van der Waals surface area contributed by atoms with Crippen molar-refractivity contribution in [3.63, 3.8) is 0 Å². The number of amides is 2. The van der Waals surface area contributed by atoms with Gasteiger partial charge in [0.25, 0.3) is 5.91 Å². The quantitative estimate of drug-likeness (QED) is 0.679. The summed E-state index contributed by atoms with van der Waals surface area (Å²) in [5.41, 5.74) is 2.00. The molecule has 2 aromatic rings. The molecule has 0 aliphatic carbocycles. The summed E-state index contributed by atoms with van der Waals surface area (Å²) >= 11 is 1.42. The number of benzene rings is 1. The maximum atomic E-state index is 12.0. The lowest BCUT2D eigenvalue weighted by atomic mass is 10.1. The number of carbonyl (C=O) groups is 2. The van der Waals surface area contributed by atoms with Gasteiger partial charge in [-0.2, -0.15) is 24.5 Å². The summed E-state index contributed by atoms with van der Waals surface area (Å²) in [4.78, 5) is 23.5. The molecule has 0 atom stereocenters. The van der Waals surface area contributed by atoms with Gasteiger partial charge in [-0.15, -0.1) is 0 Å². The largest absolute Gasteiger partial charge is 0.411 e. The fourth-order valence-corrected chi connectivity index (χ4v) is 2.75. The highest BCUT2D eigenvalue weighted by molar-refractivity contribution is 7.08. The van der Waals surface area contributed by atoms with Crippen molar-refractivity contribution in [3.05, 3.63) is 57.8 Å². The van der Waals surface area contributed by atoms with Crippen molar-refractivity contribution in [1.29, 1.82) is 0 Å². The first kappa shape index (κ1) is 20.9. The standard InChI is InChI=1S/C18H19F3N2O3S/c19-18(20,21)12-26-10-14-3-1-13(2-4-14)9-23-16(24)5-7-22-17(25)15-6-8-27-11-15/h1-4,6,8,11H,5,7,9-10,12H2,(H,22,25)(H,23,24). The Morgan fingerprint density at radius 1 is 1.04 bits per heavy atom. The fraction of sp³-hybridized carbons (Fsp3) is 0.333. The summed E-state index contributed by atoms with van der Waals surface area (Å²) in [7, 11) is 0. The second-order valence-corrected chi connectivity index (χ2v) is 6.50. The first-order chi connectivity index (χ1) is 12.8. The molecule has 0 saturated heterocycles. The Bertz CT molecular complexity index is 731. The van der Waals surface area contributed by atoms with Gasteiger partial charge in [0, 0.05) is 30.5 Å². The van der Waals surface area contributed by atoms with Crippen LogP contribution in [0, 0.1) is 0 Å². The highest BCUT2D eigenvalue weighted by Crippen LogP contribution is 2.15. The molecule has 2 N–H and O–H groups in total. The van der Waals surface area contributed by atoms with Crippen LogP contribution in [0.2, 0.25) is 0 Å². The van der Waals surface area contributed by atoms with E-state index in [4.69, 9.17) is 0 Å². The van der Waals surface area contributed by atoms with E-state index >= 15 is 0 Å². The molecule has 146 valence electrons. The van der Waals surface area contributed by atoms with E-state index in [1.54, 1.807) is 41.1 Å². The van der Waals surface area contributed by atoms with Gasteiger partial charge in [0.15, 0.2) is 0 Å². The zero-order chi connectivity index (χ0) is 19.7. The molecule has 0 aliphatic rings. The number of rotatable bonds is 9. The average molecular weight is 400 g/mol. The van der Waals surface area contributed by atoms with Gasteiger partial charge < -0.3 is 15.4 Å². The van der Waals surface area contributed by atoms with Gasteiger partial charge in [-0.3, -0.25) is 9.59 Å². The van der Waals surface area contributed by atoms with Crippen LogP contribution in [0.1, 0.15) is 27.9 Å². The highest BCUT2D eigenvalue weighted by Gasteiger charge is 2.27. The Balaban J connectivity index is 1.64. The molecule has 0 spiro atoms. The molecule has 0 bridgehead atoms. The number of ether oxygens (including phenoxy) is 1. The molecule has 0 radical (unpaired) electrons. The van der Waals surface area contributed by atoms with Gasteiger partial charge in [-0.1, -0.05) is 24.3 Å². The van der Waals surface area contributed by atoms with Crippen LogP contribution in [0.4, 0.5) is 13.2 Å². The summed E-state index contributed by atoms with van der Waals surface area (Å²) in [6.07, 6.45) is -4.19. The van der Waals surface area contributed by atoms with E-state index in [0.29, 0.717) is 17.7 Å². The maximum absolute atomic E-state index is 12.0. The van der Waals surface area contributed by atoms with Gasteiger partial charge >= 0.3 is 6.18 Å². The minimum Gasteiger partial charge on any atom is -0.367 e. The number of carbonyl (C=O) groups excluding carboxylic acids is 2. The third-order valence-electron chi connectivity index (χ3n) is 3.47. The number of nitrogens with one attached hydrogen (secondary N) is 2. The molecule has 5 nitrogen and oxygen atoms in total. The van der Waals surface area contributed by atoms with Crippen LogP contribution < -0.4 is 10.6 Å². The SMILES string of the molecule is O=C(CCNC(=O)c1ccsc1)NCc1ccc(COCC(F)(F)F)cc1. The van der Waals surface area contributed by atoms with Gasteiger partial charge in [0.1, 0.15) is 6.61 Å². The molecule has 1 aromatic carbocycles. The molecule has 2 rings (SSSR count). The number of hydrogen-bond donors (Lipinski definition) is 2. The van der Waals surface area contributed by atoms with Crippen LogP contribution in [0.5, 0.6) is 0 Å². The highest BCUT2D eigenvalue weighted by atomic mass is 32.1. The predicted octanol–water partition coefficient (Wildman–Crippen LogP) is 3.26. The summed E-state index contributed by atoms with van der Waals surface area (Å²) in [6.45, 7) is -0.888. The van der Waals surface area contributed by atoms with Crippen molar-refractivity contribution < 1.29 is 27.5 Å². The normalized spacial score (nSPS) is 11.2. The second-order valence-electron chi connectivity index (χ2n) is 5.72. The molecule has 2 amide bonds. The van der Waals surface area contributed by atoms with Gasteiger partial charge in [0.2, 0.25) is 5.91 Å². The third kappa shape index (κ3) is 8.23. The lowest BCUT2D eigenvalue weighted by Crippen LogP contribution is -2.30. The summed E-state index contributed by atoms with van der Waals surface area (Å²) in [5.74, 6) is -0.425. The van der Waals surface area contributed by atoms with E-state index in [1.807, 2.05) is 0 Å². The summed E-state index contributed by atoms with van der Waals surface area (Å²) in [5, 5.41) is 8.92. The van der Waals surface area contributed by atoms with Crippen LogP contribution >= 0.6 is 11.3 Å². The Kier molecular flexibility index (Phi) is 7.81. The van der Waals surface area contributed by atoms with Crippen molar-refractivity contribution in [2.24, 2.45) is 0 Å². The lowest BCUT2D eigenvalue weighted by Gasteiger charge is -2.09. The third-order valence-corrected chi connectivity index (χ3v) is 4.15. The maximum Gasteiger partial charge on any atom is 0.411 e. The van der Waals surface area contributed by atoms with Crippen LogP contribution in [-0.2, 0) is 22.7 Å². The Hall–Kier alpha value is -2.39. The smallest absolute Gasteiger partial charge is 0.367 e. The van der Waals surface area contributed by atoms with Crippen LogP contribution in [0.15, 0.2) is 41.1 Å². The fourth-order valence-electron chi connectivity index (χ4n) is 2.11. The first-order valence-corrected chi connectivity index (χ1v) is 9.07. The Labute approximate surface area is 158 Å². The zero-order valence-corrected chi connectivity index (χ0v) is 15.2. The molecular formula is C18H19F3N2O3S. The van der Waals surface area contributed by atoms with Gasteiger partial charge in [0.05, 0.1) is 6.61 Å². The minimum absolute atomic E-state index is 0.129. The molecule has 0 unspecified atom stereocenters. The molecular weight excluding hydrogens is 381 g/mol. The van der Waals surface area contributed by atoms with E-state index in [1.165, 1.54) is 11.3 Å². The van der Waals surface area contributed by atoms with Gasteiger partial charge in [-0.25, -0.2) is 0 Å². The van der Waals surface area contributed by atoms with E-state index in [9.17, 15) is 22.8 Å². The molecule has 0 saturated carbocycles. The molecule has 0 fully saturated rings. The van der Waals surface area contributed by atoms with E-state index < -0.39 is 12.8 Å². The summed E-state index contributed by atoms with van der Waals surface area (Å²) < 4.78 is 40.6. The van der Waals surface area contributed by atoms with Crippen molar-refractivity contribution in [3.8, 4) is 0 Å². The minimum atomic E-state index is -4.34. The van der Waals surface area contributed by atoms with E-state index in [0.717, 1.165) is 5.56 Å². The summed E-state index contributed by atoms with van der Waals surface area (Å²) in [6, 6.07) is 8.44. The van der Waals surface area contributed by atoms with Crippen molar-refractivity contribution in [2.75, 3.05) is 13.2 Å². The molecule has 9 heteroatoms. The number of thiophene rings is 1. The topological polar surface area (TPSA) is 67.4 Å². The molecule has 1 heterocycles. The van der Waals surface area contributed by atoms with Crippen molar-refractivity contribution >= 4 is 23.2 Å².